The summed E-state index contributed by atoms with van der Waals surface area (Å²) in [4.78, 5) is 3.82. The minimum atomic E-state index is -1.08. The maximum Gasteiger partial charge on any atom is 0.183 e. The molecule has 3 saturated heterocycles. The second-order valence-electron chi connectivity index (χ2n) is 13.9. The highest BCUT2D eigenvalue weighted by Crippen LogP contribution is 2.75. The summed E-state index contributed by atoms with van der Waals surface area (Å²) in [6, 6.07) is 8.63. The predicted octanol–water partition coefficient (Wildman–Crippen LogP) is 5.44. The van der Waals surface area contributed by atoms with Crippen LogP contribution >= 0.6 is 0 Å². The van der Waals surface area contributed by atoms with Crippen molar-refractivity contribution in [1.82, 2.24) is 4.98 Å². The highest BCUT2D eigenvalue weighted by atomic mass is 16.8. The first-order valence-corrected chi connectivity index (χ1v) is 14.3. The molecule has 1 aromatic carbocycles. The molecule has 0 bridgehead atoms. The van der Waals surface area contributed by atoms with Crippen LogP contribution in [0.4, 0.5) is 0 Å². The van der Waals surface area contributed by atoms with Crippen molar-refractivity contribution in [3.63, 3.8) is 0 Å². The molecule has 3 aliphatic heterocycles. The molecule has 4 fully saturated rings. The lowest BCUT2D eigenvalue weighted by Crippen LogP contribution is -2.73. The molecular weight excluding hydrogens is 478 g/mol. The molecule has 202 valence electrons. The highest BCUT2D eigenvalue weighted by Gasteiger charge is 2.86. The maximum atomic E-state index is 13.0. The van der Waals surface area contributed by atoms with E-state index in [0.717, 1.165) is 30.6 Å². The number of ether oxygens (including phenoxy) is 4. The third-order valence-corrected chi connectivity index (χ3v) is 11.6. The molecule has 1 spiro atoms. The number of nitrogens with one attached hydrogen (secondary N) is 1. The van der Waals surface area contributed by atoms with Crippen LogP contribution in [0.1, 0.15) is 72.1 Å². The monoisotopic (exact) mass is 517 g/mol. The number of para-hydroxylation sites is 1. The number of hydrogen-bond acceptors (Lipinski definition) is 5. The average molecular weight is 518 g/mol. The van der Waals surface area contributed by atoms with Gasteiger partial charge in [-0.1, -0.05) is 37.6 Å². The Morgan fingerprint density at radius 1 is 1.08 bits per heavy atom. The summed E-state index contributed by atoms with van der Waals surface area (Å²) in [5.74, 6) is 1.25. The molecule has 6 nitrogen and oxygen atoms in total. The molecule has 2 N–H and O–H groups in total. The lowest BCUT2D eigenvalue weighted by Gasteiger charge is -2.64. The maximum absolute atomic E-state index is 13.0. The number of fused-ring (bicyclic) bond motifs is 9. The van der Waals surface area contributed by atoms with E-state index >= 15 is 0 Å². The molecule has 0 radical (unpaired) electrons. The quantitative estimate of drug-likeness (QED) is 0.389. The van der Waals surface area contributed by atoms with Crippen LogP contribution in [-0.2, 0) is 30.8 Å². The zero-order chi connectivity index (χ0) is 26.5. The molecule has 38 heavy (non-hydrogen) atoms. The standard InChI is InChI=1S/C32H39NO5/c1-17(2)15-23-36-24-26(28(3,4)37-23)35-22-12-13-29(5)30(6)18(11-14-31(29,34)32(22)27(24)38-32)16-20-19-9-7-8-10-21(19)33-25(20)30/h7-10,12,15,18,23-24,26-27,33-34H,11,13-14,16H2,1-6H3/t18-,23-,24+,26-,27+,29+,30+,31-,32-/m0/s1. The molecular formula is C32H39NO5. The SMILES string of the molecule is CC(C)=C[C@H]1O[C@H]2[C@H]3O[C@@]34C(=CC[C@@]3(C)[C@@]4(O)CC[C@H]4Cc5c([nH]c6ccccc56)[C@@]43C)O[C@@H]2C(C)(C)O1. The molecule has 3 aliphatic carbocycles. The van der Waals surface area contributed by atoms with Crippen LogP contribution in [0.15, 0.2) is 47.7 Å². The van der Waals surface area contributed by atoms with E-state index in [-0.39, 0.29) is 23.7 Å². The molecule has 9 atom stereocenters. The van der Waals surface area contributed by atoms with E-state index in [4.69, 9.17) is 18.9 Å². The van der Waals surface area contributed by atoms with Crippen LogP contribution in [-0.4, -0.2) is 51.5 Å². The van der Waals surface area contributed by atoms with Crippen molar-refractivity contribution in [1.29, 1.82) is 0 Å². The molecule has 0 unspecified atom stereocenters. The van der Waals surface area contributed by atoms with Crippen molar-refractivity contribution in [3.8, 4) is 0 Å². The van der Waals surface area contributed by atoms with Crippen molar-refractivity contribution >= 4 is 10.9 Å². The minimum absolute atomic E-state index is 0.223. The number of benzene rings is 1. The zero-order valence-corrected chi connectivity index (χ0v) is 23.3. The Morgan fingerprint density at radius 3 is 2.66 bits per heavy atom. The Kier molecular flexibility index (Phi) is 4.34. The van der Waals surface area contributed by atoms with Crippen molar-refractivity contribution in [2.45, 2.75) is 114 Å². The fourth-order valence-electron chi connectivity index (χ4n) is 9.41. The first kappa shape index (κ1) is 23.7. The van der Waals surface area contributed by atoms with Gasteiger partial charge in [0.15, 0.2) is 18.0 Å². The molecule has 0 amide bonds. The Balaban J connectivity index is 1.25. The Hall–Kier alpha value is -2.12. The summed E-state index contributed by atoms with van der Waals surface area (Å²) in [5.41, 5.74) is 1.87. The second-order valence-corrected chi connectivity index (χ2v) is 13.9. The number of rotatable bonds is 1. The number of hydrogen-bond donors (Lipinski definition) is 2. The third-order valence-electron chi connectivity index (χ3n) is 11.6. The van der Waals surface area contributed by atoms with Gasteiger partial charge in [0, 0.05) is 27.4 Å². The highest BCUT2D eigenvalue weighted by molar-refractivity contribution is 5.86. The Morgan fingerprint density at radius 2 is 1.87 bits per heavy atom. The van der Waals surface area contributed by atoms with Crippen molar-refractivity contribution in [2.75, 3.05) is 0 Å². The first-order valence-electron chi connectivity index (χ1n) is 14.3. The van der Waals surface area contributed by atoms with E-state index in [1.54, 1.807) is 0 Å². The Bertz CT molecular complexity index is 1430. The second kappa shape index (κ2) is 6.95. The average Bonchev–Trinajstić information content (AvgIpc) is 3.43. The molecule has 1 saturated carbocycles. The van der Waals surface area contributed by atoms with Crippen LogP contribution in [0.2, 0.25) is 0 Å². The largest absolute Gasteiger partial charge is 0.486 e. The van der Waals surface area contributed by atoms with Crippen LogP contribution in [0.5, 0.6) is 0 Å². The topological polar surface area (TPSA) is 76.2 Å². The van der Waals surface area contributed by atoms with Crippen molar-refractivity contribution in [3.05, 3.63) is 59.0 Å². The van der Waals surface area contributed by atoms with E-state index in [1.165, 1.54) is 22.2 Å². The number of aromatic amines is 1. The number of H-pyrrole nitrogens is 1. The Labute approximate surface area is 224 Å². The van der Waals surface area contributed by atoms with Crippen LogP contribution < -0.4 is 0 Å². The predicted molar refractivity (Wildman–Crippen MR) is 144 cm³/mol. The third kappa shape index (κ3) is 2.47. The van der Waals surface area contributed by atoms with Crippen LogP contribution in [0.3, 0.4) is 0 Å². The van der Waals surface area contributed by atoms with Gasteiger partial charge in [-0.05, 0) is 83.1 Å². The lowest BCUT2D eigenvalue weighted by molar-refractivity contribution is -0.314. The van der Waals surface area contributed by atoms with Gasteiger partial charge in [0.25, 0.3) is 0 Å². The van der Waals surface area contributed by atoms with Gasteiger partial charge in [-0.15, -0.1) is 0 Å². The normalized spacial score (nSPS) is 47.3. The summed E-state index contributed by atoms with van der Waals surface area (Å²) in [7, 11) is 0. The molecule has 4 heterocycles. The molecule has 6 heteroatoms. The fourth-order valence-corrected chi connectivity index (χ4v) is 9.41. The summed E-state index contributed by atoms with van der Waals surface area (Å²) in [6.07, 6.45) is 6.31. The summed E-state index contributed by atoms with van der Waals surface area (Å²) < 4.78 is 26.3. The molecule has 6 aliphatic rings. The van der Waals surface area contributed by atoms with Gasteiger partial charge < -0.3 is 29.0 Å². The molecule has 1 aromatic heterocycles. The minimum Gasteiger partial charge on any atom is -0.486 e. The van der Waals surface area contributed by atoms with Crippen molar-refractivity contribution in [2.24, 2.45) is 11.3 Å². The van der Waals surface area contributed by atoms with Gasteiger partial charge in [-0.2, -0.15) is 0 Å². The van der Waals surface area contributed by atoms with Gasteiger partial charge >= 0.3 is 0 Å². The van der Waals surface area contributed by atoms with E-state index in [2.05, 4.69) is 63.0 Å². The lowest BCUT2D eigenvalue weighted by atomic mass is 9.42. The molecule has 2 aromatic rings. The van der Waals surface area contributed by atoms with Gasteiger partial charge in [-0.3, -0.25) is 0 Å². The van der Waals surface area contributed by atoms with Crippen molar-refractivity contribution < 1.29 is 24.1 Å². The fraction of sp³-hybridized carbons (Fsp3) is 0.625. The number of epoxide rings is 1. The van der Waals surface area contributed by atoms with Gasteiger partial charge in [0.2, 0.25) is 0 Å². The van der Waals surface area contributed by atoms with E-state index in [1.807, 2.05) is 19.9 Å². The van der Waals surface area contributed by atoms with Crippen LogP contribution in [0, 0.1) is 11.3 Å². The smallest absolute Gasteiger partial charge is 0.183 e. The van der Waals surface area contributed by atoms with Gasteiger partial charge in [0.1, 0.15) is 29.2 Å². The number of aliphatic hydroxyl groups is 1. The first-order chi connectivity index (χ1) is 18.0. The zero-order valence-electron chi connectivity index (χ0n) is 23.3. The summed E-state index contributed by atoms with van der Waals surface area (Å²) in [6.45, 7) is 12.9. The van der Waals surface area contributed by atoms with E-state index in [9.17, 15) is 5.11 Å². The van der Waals surface area contributed by atoms with Crippen LogP contribution in [0.25, 0.3) is 10.9 Å². The molecule has 8 rings (SSSR count). The number of aromatic nitrogens is 1. The number of allylic oxidation sites excluding steroid dienone is 2. The van der Waals surface area contributed by atoms with E-state index < -0.39 is 28.5 Å². The van der Waals surface area contributed by atoms with E-state index in [0.29, 0.717) is 12.3 Å². The van der Waals surface area contributed by atoms with Gasteiger partial charge in [0.05, 0.1) is 0 Å². The summed E-state index contributed by atoms with van der Waals surface area (Å²) >= 11 is 0. The van der Waals surface area contributed by atoms with Gasteiger partial charge in [-0.25, -0.2) is 0 Å². The summed E-state index contributed by atoms with van der Waals surface area (Å²) in [5, 5.41) is 14.4.